The summed E-state index contributed by atoms with van der Waals surface area (Å²) >= 11 is 0. The van der Waals surface area contributed by atoms with Gasteiger partial charge in [-0.1, -0.05) is 17.9 Å². The Bertz CT molecular complexity index is 658. The van der Waals surface area contributed by atoms with E-state index < -0.39 is 16.3 Å². The third-order valence-electron chi connectivity index (χ3n) is 2.19. The summed E-state index contributed by atoms with van der Waals surface area (Å²) in [6.07, 6.45) is -1.09. The van der Waals surface area contributed by atoms with E-state index in [0.717, 1.165) is 12.7 Å². The minimum Gasteiger partial charge on any atom is -0.452 e. The van der Waals surface area contributed by atoms with E-state index in [1.807, 2.05) is 0 Å². The molecule has 1 aromatic rings. The lowest BCUT2D eigenvalue weighted by molar-refractivity contribution is 0.177. The third-order valence-corrected chi connectivity index (χ3v) is 3.13. The third kappa shape index (κ3) is 4.79. The van der Waals surface area contributed by atoms with E-state index in [4.69, 9.17) is 5.11 Å². The van der Waals surface area contributed by atoms with Crippen molar-refractivity contribution in [1.29, 1.82) is 0 Å². The van der Waals surface area contributed by atoms with Gasteiger partial charge in [0.2, 0.25) is 0 Å². The van der Waals surface area contributed by atoms with Crippen LogP contribution in [-0.2, 0) is 14.9 Å². The van der Waals surface area contributed by atoms with Gasteiger partial charge < -0.3 is 9.84 Å². The molecule has 1 aromatic carbocycles. The second kappa shape index (κ2) is 6.79. The molecule has 0 unspecified atom stereocenters. The van der Waals surface area contributed by atoms with E-state index in [1.54, 1.807) is 17.7 Å². The normalized spacial score (nSPS) is 10.2. The first-order valence-corrected chi connectivity index (χ1v) is 6.95. The summed E-state index contributed by atoms with van der Waals surface area (Å²) in [6.45, 7) is 1.51. The number of methoxy groups -OCH3 is 1. The highest BCUT2D eigenvalue weighted by Crippen LogP contribution is 2.15. The van der Waals surface area contributed by atoms with Gasteiger partial charge in [0, 0.05) is 5.56 Å². The summed E-state index contributed by atoms with van der Waals surface area (Å²) in [6, 6.07) is 4.68. The van der Waals surface area contributed by atoms with Crippen molar-refractivity contribution in [2.24, 2.45) is 0 Å². The zero-order valence-electron chi connectivity index (χ0n) is 10.9. The summed E-state index contributed by atoms with van der Waals surface area (Å²) in [7, 11) is -3.01. The Morgan fingerprint density at radius 1 is 1.45 bits per heavy atom. The molecule has 0 heterocycles. The summed E-state index contributed by atoms with van der Waals surface area (Å²) in [5, 5.41) is 8.65. The molecule has 8 heteroatoms. The van der Waals surface area contributed by atoms with E-state index in [-0.39, 0.29) is 12.3 Å². The molecule has 108 valence electrons. The highest BCUT2D eigenvalue weighted by molar-refractivity contribution is 7.91. The number of amides is 1. The number of hydrogen-bond donors (Lipinski definition) is 3. The van der Waals surface area contributed by atoms with Gasteiger partial charge in [-0.05, 0) is 24.6 Å². The molecule has 7 nitrogen and oxygen atoms in total. The van der Waals surface area contributed by atoms with E-state index in [2.05, 4.69) is 21.3 Å². The number of aliphatic hydroxyl groups is 1. The van der Waals surface area contributed by atoms with E-state index in [1.165, 1.54) is 12.1 Å². The monoisotopic (exact) mass is 298 g/mol. The molecule has 1 amide bonds. The number of carbonyl (C=O) groups excluding carboxylic acids is 1. The van der Waals surface area contributed by atoms with Gasteiger partial charge in [-0.15, -0.1) is 0 Å². The number of nitrogens with one attached hydrogen (secondary N) is 2. The van der Waals surface area contributed by atoms with Gasteiger partial charge in [-0.25, -0.2) is 9.52 Å². The van der Waals surface area contributed by atoms with Gasteiger partial charge in [0.15, 0.2) is 0 Å². The van der Waals surface area contributed by atoms with Crippen molar-refractivity contribution >= 4 is 22.0 Å². The molecule has 0 radical (unpaired) electrons. The molecule has 0 aliphatic carbocycles. The van der Waals surface area contributed by atoms with Crippen molar-refractivity contribution in [1.82, 2.24) is 4.72 Å². The standard InChI is InChI=1S/C12H14N2O5S/c1-9-5-6-11(8-10(9)4-3-7-15)13-20(17,18)14-12(16)19-2/h5-6,8,13,15H,7H2,1-2H3,(H,14,16). The second-order valence-corrected chi connectivity index (χ2v) is 5.10. The predicted octanol–water partition coefficient (Wildman–Crippen LogP) is 0.352. The van der Waals surface area contributed by atoms with Crippen LogP contribution in [0.4, 0.5) is 10.5 Å². The molecule has 0 saturated heterocycles. The lowest BCUT2D eigenvalue weighted by Crippen LogP contribution is -2.35. The van der Waals surface area contributed by atoms with Crippen LogP contribution in [-0.4, -0.2) is 33.3 Å². The minimum atomic E-state index is -4.07. The molecule has 0 aliphatic heterocycles. The fourth-order valence-electron chi connectivity index (χ4n) is 1.29. The average Bonchev–Trinajstić information content (AvgIpc) is 2.38. The molecule has 0 spiro atoms. The summed E-state index contributed by atoms with van der Waals surface area (Å²) < 4.78 is 31.2. The Morgan fingerprint density at radius 3 is 2.75 bits per heavy atom. The zero-order chi connectivity index (χ0) is 15.2. The summed E-state index contributed by atoms with van der Waals surface area (Å²) in [4.78, 5) is 10.9. The van der Waals surface area contributed by atoms with Crippen molar-refractivity contribution in [3.05, 3.63) is 29.3 Å². The maximum atomic E-state index is 11.6. The highest BCUT2D eigenvalue weighted by atomic mass is 32.2. The molecule has 0 aliphatic rings. The van der Waals surface area contributed by atoms with Gasteiger partial charge in [0.25, 0.3) is 0 Å². The van der Waals surface area contributed by atoms with Crippen LogP contribution in [0.15, 0.2) is 18.2 Å². The van der Waals surface area contributed by atoms with Crippen molar-refractivity contribution in [2.75, 3.05) is 18.4 Å². The van der Waals surface area contributed by atoms with Crippen molar-refractivity contribution < 1.29 is 23.1 Å². The number of carbonyl (C=O) groups is 1. The van der Waals surface area contributed by atoms with Gasteiger partial charge in [0.1, 0.15) is 6.61 Å². The molecule has 0 atom stereocenters. The van der Waals surface area contributed by atoms with Crippen LogP contribution < -0.4 is 9.44 Å². The molecule has 0 fully saturated rings. The fourth-order valence-corrected chi connectivity index (χ4v) is 2.08. The smallest absolute Gasteiger partial charge is 0.422 e. The van der Waals surface area contributed by atoms with Crippen LogP contribution in [0.2, 0.25) is 0 Å². The molecule has 1 rings (SSSR count). The lowest BCUT2D eigenvalue weighted by atomic mass is 10.1. The molecule has 0 aromatic heterocycles. The number of aryl methyl sites for hydroxylation is 1. The van der Waals surface area contributed by atoms with Crippen molar-refractivity contribution in [3.63, 3.8) is 0 Å². The van der Waals surface area contributed by atoms with Gasteiger partial charge in [0.05, 0.1) is 12.8 Å². The largest absolute Gasteiger partial charge is 0.452 e. The molecule has 0 saturated carbocycles. The molecular formula is C12H14N2O5S. The summed E-state index contributed by atoms with van der Waals surface area (Å²) in [5.74, 6) is 5.17. The fraction of sp³-hybridized carbons (Fsp3) is 0.250. The molecule has 0 bridgehead atoms. The summed E-state index contributed by atoms with van der Waals surface area (Å²) in [5.41, 5.74) is 1.63. The minimum absolute atomic E-state index is 0.231. The molecule has 3 N–H and O–H groups in total. The average molecular weight is 298 g/mol. The first-order valence-electron chi connectivity index (χ1n) is 5.47. The van der Waals surface area contributed by atoms with Gasteiger partial charge in [-0.2, -0.15) is 8.42 Å². The SMILES string of the molecule is COC(=O)NS(=O)(=O)Nc1ccc(C)c(C#CCO)c1. The number of anilines is 1. The molecule has 20 heavy (non-hydrogen) atoms. The first kappa shape index (κ1) is 15.8. The maximum absolute atomic E-state index is 11.6. The van der Waals surface area contributed by atoms with E-state index >= 15 is 0 Å². The first-order chi connectivity index (χ1) is 9.38. The number of aliphatic hydroxyl groups excluding tert-OH is 1. The van der Waals surface area contributed by atoms with Crippen molar-refractivity contribution in [2.45, 2.75) is 6.92 Å². The Labute approximate surface area is 117 Å². The Hall–Kier alpha value is -2.24. The Morgan fingerprint density at radius 2 is 2.15 bits per heavy atom. The second-order valence-electron chi connectivity index (χ2n) is 3.69. The highest BCUT2D eigenvalue weighted by Gasteiger charge is 2.14. The van der Waals surface area contributed by atoms with Crippen LogP contribution in [0.5, 0.6) is 0 Å². The van der Waals surface area contributed by atoms with E-state index in [9.17, 15) is 13.2 Å². The lowest BCUT2D eigenvalue weighted by Gasteiger charge is -2.09. The topological polar surface area (TPSA) is 105 Å². The van der Waals surface area contributed by atoms with Crippen LogP contribution in [0.1, 0.15) is 11.1 Å². The van der Waals surface area contributed by atoms with Crippen LogP contribution >= 0.6 is 0 Å². The number of ether oxygens (including phenoxy) is 1. The zero-order valence-corrected chi connectivity index (χ0v) is 11.7. The van der Waals surface area contributed by atoms with Crippen molar-refractivity contribution in [3.8, 4) is 11.8 Å². The van der Waals surface area contributed by atoms with Gasteiger partial charge in [-0.3, -0.25) is 4.72 Å². The number of rotatable bonds is 3. The Balaban J connectivity index is 2.96. The van der Waals surface area contributed by atoms with Crippen LogP contribution in [0, 0.1) is 18.8 Å². The number of benzene rings is 1. The van der Waals surface area contributed by atoms with Crippen LogP contribution in [0.3, 0.4) is 0 Å². The predicted molar refractivity (Wildman–Crippen MR) is 73.2 cm³/mol. The number of hydrogen-bond acceptors (Lipinski definition) is 5. The molecular weight excluding hydrogens is 284 g/mol. The quantitative estimate of drug-likeness (QED) is 0.698. The van der Waals surface area contributed by atoms with E-state index in [0.29, 0.717) is 5.56 Å². The Kier molecular flexibility index (Phi) is 5.37. The maximum Gasteiger partial charge on any atom is 0.422 e. The van der Waals surface area contributed by atoms with Gasteiger partial charge >= 0.3 is 16.3 Å². The van der Waals surface area contributed by atoms with Crippen LogP contribution in [0.25, 0.3) is 0 Å².